The molecule has 0 saturated carbocycles. The molecule has 0 aliphatic carbocycles. The maximum absolute atomic E-state index is 5.78. The highest BCUT2D eigenvalue weighted by atomic mass is 35.5. The highest BCUT2D eigenvalue weighted by Gasteiger charge is 2.05. The molecule has 11 heavy (non-hydrogen) atoms. The maximum Gasteiger partial charge on any atom is 0.187 e. The summed E-state index contributed by atoms with van der Waals surface area (Å²) in [5.74, 6) is 0. The van der Waals surface area contributed by atoms with Gasteiger partial charge in [0.05, 0.1) is 16.6 Å². The van der Waals surface area contributed by atoms with Gasteiger partial charge in [0, 0.05) is 5.69 Å². The van der Waals surface area contributed by atoms with E-state index in [0.29, 0.717) is 16.3 Å². The normalized spacial score (nSPS) is 10.6. The first kappa shape index (κ1) is 6.49. The average Bonchev–Trinajstić information content (AvgIpc) is 2.45. The van der Waals surface area contributed by atoms with Crippen LogP contribution in [0.4, 0.5) is 5.69 Å². The van der Waals surface area contributed by atoms with E-state index in [2.05, 4.69) is 5.16 Å². The molecule has 0 atom stereocenters. The van der Waals surface area contributed by atoms with Crippen LogP contribution in [-0.4, -0.2) is 5.16 Å². The van der Waals surface area contributed by atoms with Crippen LogP contribution in [0.5, 0.6) is 0 Å². The van der Waals surface area contributed by atoms with Gasteiger partial charge in [0.15, 0.2) is 5.58 Å². The molecule has 3 nitrogen and oxygen atoms in total. The van der Waals surface area contributed by atoms with E-state index in [1.54, 1.807) is 18.3 Å². The number of aromatic nitrogens is 1. The molecule has 4 heteroatoms. The van der Waals surface area contributed by atoms with Gasteiger partial charge in [-0.15, -0.1) is 0 Å². The minimum atomic E-state index is 0.534. The van der Waals surface area contributed by atoms with Gasteiger partial charge in [0.2, 0.25) is 0 Å². The van der Waals surface area contributed by atoms with Crippen LogP contribution in [0.15, 0.2) is 22.9 Å². The molecular formula is C7H5ClN2O. The number of nitrogen functional groups attached to an aromatic ring is 1. The standard InChI is InChI=1S/C7H5ClN2O/c8-5-1-2-6(9)4-3-10-11-7(4)5/h1-3H,9H2. The minimum Gasteiger partial charge on any atom is -0.398 e. The number of fused-ring (bicyclic) bond motifs is 1. The monoisotopic (exact) mass is 168 g/mol. The van der Waals surface area contributed by atoms with Crippen LogP contribution < -0.4 is 5.73 Å². The summed E-state index contributed by atoms with van der Waals surface area (Å²) in [7, 11) is 0. The van der Waals surface area contributed by atoms with Crippen LogP contribution in [0.1, 0.15) is 0 Å². The largest absolute Gasteiger partial charge is 0.398 e. The van der Waals surface area contributed by atoms with Gasteiger partial charge in [-0.1, -0.05) is 16.8 Å². The lowest BCUT2D eigenvalue weighted by Crippen LogP contribution is -1.83. The van der Waals surface area contributed by atoms with E-state index >= 15 is 0 Å². The zero-order valence-electron chi connectivity index (χ0n) is 5.54. The van der Waals surface area contributed by atoms with Crippen molar-refractivity contribution in [1.82, 2.24) is 5.16 Å². The first-order valence-corrected chi connectivity index (χ1v) is 3.45. The second-order valence-electron chi connectivity index (χ2n) is 2.21. The highest BCUT2D eigenvalue weighted by molar-refractivity contribution is 6.35. The van der Waals surface area contributed by atoms with Crippen LogP contribution in [0.2, 0.25) is 5.02 Å². The fourth-order valence-electron chi connectivity index (χ4n) is 0.946. The van der Waals surface area contributed by atoms with Gasteiger partial charge in [-0.05, 0) is 12.1 Å². The Bertz CT molecular complexity index is 360. The summed E-state index contributed by atoms with van der Waals surface area (Å²) < 4.78 is 4.87. The lowest BCUT2D eigenvalue weighted by atomic mass is 10.2. The van der Waals surface area contributed by atoms with E-state index in [9.17, 15) is 0 Å². The van der Waals surface area contributed by atoms with Crippen LogP contribution in [0, 0.1) is 0 Å². The highest BCUT2D eigenvalue weighted by Crippen LogP contribution is 2.27. The van der Waals surface area contributed by atoms with E-state index < -0.39 is 0 Å². The molecule has 1 aromatic heterocycles. The van der Waals surface area contributed by atoms with Crippen molar-refractivity contribution in [3.8, 4) is 0 Å². The van der Waals surface area contributed by atoms with Gasteiger partial charge in [0.25, 0.3) is 0 Å². The molecule has 0 amide bonds. The van der Waals surface area contributed by atoms with Crippen molar-refractivity contribution in [2.24, 2.45) is 0 Å². The Morgan fingerprint density at radius 2 is 2.27 bits per heavy atom. The Morgan fingerprint density at radius 3 is 3.00 bits per heavy atom. The van der Waals surface area contributed by atoms with Crippen molar-refractivity contribution in [2.75, 3.05) is 5.73 Å². The molecule has 0 aliphatic rings. The fourth-order valence-corrected chi connectivity index (χ4v) is 1.15. The van der Waals surface area contributed by atoms with Crippen molar-refractivity contribution in [2.45, 2.75) is 0 Å². The third-order valence-corrected chi connectivity index (χ3v) is 1.81. The zero-order valence-corrected chi connectivity index (χ0v) is 6.30. The van der Waals surface area contributed by atoms with Crippen molar-refractivity contribution in [3.63, 3.8) is 0 Å². The maximum atomic E-state index is 5.78. The van der Waals surface area contributed by atoms with Crippen molar-refractivity contribution < 1.29 is 4.52 Å². The molecule has 1 aromatic carbocycles. The van der Waals surface area contributed by atoms with Crippen molar-refractivity contribution >= 4 is 28.3 Å². The third kappa shape index (κ3) is 0.851. The Kier molecular flexibility index (Phi) is 1.26. The molecule has 0 bridgehead atoms. The van der Waals surface area contributed by atoms with Gasteiger partial charge in [-0.25, -0.2) is 0 Å². The van der Waals surface area contributed by atoms with E-state index in [0.717, 1.165) is 5.39 Å². The van der Waals surface area contributed by atoms with Gasteiger partial charge >= 0.3 is 0 Å². The summed E-state index contributed by atoms with van der Waals surface area (Å²) in [6, 6.07) is 3.41. The van der Waals surface area contributed by atoms with Gasteiger partial charge in [-0.3, -0.25) is 0 Å². The van der Waals surface area contributed by atoms with Gasteiger partial charge < -0.3 is 10.3 Å². The second kappa shape index (κ2) is 2.13. The number of rotatable bonds is 0. The Labute approximate surface area is 67.7 Å². The molecular weight excluding hydrogens is 164 g/mol. The molecule has 56 valence electrons. The molecule has 0 saturated heterocycles. The number of halogens is 1. The van der Waals surface area contributed by atoms with Crippen LogP contribution >= 0.6 is 11.6 Å². The number of hydrogen-bond donors (Lipinski definition) is 1. The predicted molar refractivity (Wildman–Crippen MR) is 43.4 cm³/mol. The number of anilines is 1. The predicted octanol–water partition coefficient (Wildman–Crippen LogP) is 2.06. The summed E-state index contributed by atoms with van der Waals surface area (Å²) in [6.07, 6.45) is 1.55. The summed E-state index contributed by atoms with van der Waals surface area (Å²) in [6.45, 7) is 0. The molecule has 0 radical (unpaired) electrons. The Balaban J connectivity index is 2.96. The summed E-state index contributed by atoms with van der Waals surface area (Å²) in [5.41, 5.74) is 6.79. The first-order valence-electron chi connectivity index (χ1n) is 3.07. The topological polar surface area (TPSA) is 52.0 Å². The van der Waals surface area contributed by atoms with Crippen LogP contribution in [0.25, 0.3) is 11.0 Å². The number of hydrogen-bond acceptors (Lipinski definition) is 3. The SMILES string of the molecule is Nc1ccc(Cl)c2oncc12. The minimum absolute atomic E-state index is 0.534. The van der Waals surface area contributed by atoms with E-state index in [1.807, 2.05) is 0 Å². The molecule has 0 unspecified atom stereocenters. The average molecular weight is 169 g/mol. The number of nitrogens with two attached hydrogens (primary N) is 1. The fraction of sp³-hybridized carbons (Fsp3) is 0. The molecule has 2 rings (SSSR count). The molecule has 0 spiro atoms. The summed E-state index contributed by atoms with van der Waals surface area (Å²) in [4.78, 5) is 0. The van der Waals surface area contributed by atoms with Gasteiger partial charge in [-0.2, -0.15) is 0 Å². The Morgan fingerprint density at radius 1 is 1.45 bits per heavy atom. The Hall–Kier alpha value is -1.22. The molecule has 1 heterocycles. The van der Waals surface area contributed by atoms with Gasteiger partial charge in [0.1, 0.15) is 0 Å². The zero-order chi connectivity index (χ0) is 7.84. The number of nitrogens with zero attached hydrogens (tertiary/aromatic N) is 1. The van der Waals surface area contributed by atoms with Crippen molar-refractivity contribution in [3.05, 3.63) is 23.4 Å². The summed E-state index contributed by atoms with van der Waals surface area (Å²) >= 11 is 5.78. The molecule has 2 N–H and O–H groups in total. The molecule has 0 fully saturated rings. The smallest absolute Gasteiger partial charge is 0.187 e. The van der Waals surface area contributed by atoms with Crippen molar-refractivity contribution in [1.29, 1.82) is 0 Å². The third-order valence-electron chi connectivity index (χ3n) is 1.51. The quantitative estimate of drug-likeness (QED) is 0.613. The van der Waals surface area contributed by atoms with Crippen LogP contribution in [0.3, 0.4) is 0 Å². The second-order valence-corrected chi connectivity index (χ2v) is 2.61. The van der Waals surface area contributed by atoms with Crippen LogP contribution in [-0.2, 0) is 0 Å². The van der Waals surface area contributed by atoms with E-state index in [4.69, 9.17) is 21.9 Å². The molecule has 0 aliphatic heterocycles. The summed E-state index contributed by atoms with van der Waals surface area (Å²) in [5, 5.41) is 4.88. The van der Waals surface area contributed by atoms with E-state index in [1.165, 1.54) is 0 Å². The molecule has 2 aromatic rings. The number of benzene rings is 1. The van der Waals surface area contributed by atoms with E-state index in [-0.39, 0.29) is 0 Å². The lowest BCUT2D eigenvalue weighted by molar-refractivity contribution is 0.456. The lowest BCUT2D eigenvalue weighted by Gasteiger charge is -1.93. The first-order chi connectivity index (χ1) is 5.29.